The van der Waals surface area contributed by atoms with Gasteiger partial charge in [0.1, 0.15) is 9.84 Å². The maximum atomic E-state index is 11.1. The second-order valence-electron chi connectivity index (χ2n) is 3.38. The van der Waals surface area contributed by atoms with Crippen LogP contribution >= 0.6 is 0 Å². The molecule has 0 saturated carbocycles. The molecular formula is C7H10N2O5S. The van der Waals surface area contributed by atoms with Crippen molar-refractivity contribution in [3.63, 3.8) is 0 Å². The number of rotatable bonds is 3. The van der Waals surface area contributed by atoms with E-state index in [1.807, 2.05) is 0 Å². The number of nitrogens with one attached hydrogen (secondary N) is 1. The first-order valence-corrected chi connectivity index (χ1v) is 6.14. The molecule has 15 heavy (non-hydrogen) atoms. The Balaban J connectivity index is 2.85. The lowest BCUT2D eigenvalue weighted by molar-refractivity contribution is -0.140. The van der Waals surface area contributed by atoms with Gasteiger partial charge in [0, 0.05) is 6.26 Å². The van der Waals surface area contributed by atoms with Crippen LogP contribution < -0.4 is 5.32 Å². The lowest BCUT2D eigenvalue weighted by Gasteiger charge is -2.18. The third-order valence-electron chi connectivity index (χ3n) is 1.84. The van der Waals surface area contributed by atoms with Gasteiger partial charge in [-0.05, 0) is 6.92 Å². The quantitative estimate of drug-likeness (QED) is 0.473. The van der Waals surface area contributed by atoms with Crippen LogP contribution in [0.2, 0.25) is 0 Å². The van der Waals surface area contributed by atoms with Crippen LogP contribution in [0.15, 0.2) is 0 Å². The number of carbonyl (C=O) groups excluding carboxylic acids is 3. The molecule has 1 N–H and O–H groups in total. The number of urea groups is 1. The molecule has 1 fully saturated rings. The summed E-state index contributed by atoms with van der Waals surface area (Å²) >= 11 is 0. The van der Waals surface area contributed by atoms with Crippen LogP contribution in [0.25, 0.3) is 0 Å². The summed E-state index contributed by atoms with van der Waals surface area (Å²) in [5.41, 5.74) is 0. The van der Waals surface area contributed by atoms with Crippen molar-refractivity contribution in [2.45, 2.75) is 13.0 Å². The molecule has 0 bridgehead atoms. The number of hydrogen-bond acceptors (Lipinski definition) is 5. The molecule has 0 aromatic heterocycles. The fourth-order valence-corrected chi connectivity index (χ4v) is 2.35. The van der Waals surface area contributed by atoms with E-state index in [4.69, 9.17) is 0 Å². The second-order valence-corrected chi connectivity index (χ2v) is 5.56. The Morgan fingerprint density at radius 3 is 2.20 bits per heavy atom. The Labute approximate surface area is 86.3 Å². The minimum absolute atomic E-state index is 0.362. The van der Waals surface area contributed by atoms with Crippen LogP contribution in [0.4, 0.5) is 4.79 Å². The van der Waals surface area contributed by atoms with E-state index in [0.717, 1.165) is 6.26 Å². The van der Waals surface area contributed by atoms with Crippen molar-refractivity contribution < 1.29 is 22.8 Å². The third-order valence-corrected chi connectivity index (χ3v) is 2.92. The second kappa shape index (κ2) is 3.61. The molecule has 0 aromatic rings. The molecule has 4 amide bonds. The van der Waals surface area contributed by atoms with Gasteiger partial charge in [0.05, 0.1) is 11.8 Å². The van der Waals surface area contributed by atoms with E-state index in [2.05, 4.69) is 0 Å². The first-order chi connectivity index (χ1) is 6.72. The monoisotopic (exact) mass is 234 g/mol. The van der Waals surface area contributed by atoms with Crippen LogP contribution in [-0.4, -0.2) is 49.2 Å². The van der Waals surface area contributed by atoms with E-state index in [0.29, 0.717) is 4.90 Å². The number of nitrogens with zero attached hydrogens (tertiary/aromatic N) is 1. The number of amides is 4. The Morgan fingerprint density at radius 1 is 1.33 bits per heavy atom. The molecule has 1 heterocycles. The van der Waals surface area contributed by atoms with Crippen molar-refractivity contribution in [3.8, 4) is 0 Å². The predicted molar refractivity (Wildman–Crippen MR) is 49.6 cm³/mol. The highest BCUT2D eigenvalue weighted by Gasteiger charge is 2.40. The zero-order valence-electron chi connectivity index (χ0n) is 8.18. The zero-order chi connectivity index (χ0) is 11.8. The number of sulfone groups is 1. The molecule has 8 heteroatoms. The van der Waals surface area contributed by atoms with Crippen molar-refractivity contribution in [3.05, 3.63) is 0 Å². The molecule has 1 saturated heterocycles. The van der Waals surface area contributed by atoms with Crippen molar-refractivity contribution in [2.75, 3.05) is 12.0 Å². The maximum Gasteiger partial charge on any atom is 0.331 e. The highest BCUT2D eigenvalue weighted by Crippen LogP contribution is 2.08. The van der Waals surface area contributed by atoms with Gasteiger partial charge in [0.25, 0.3) is 0 Å². The highest BCUT2D eigenvalue weighted by atomic mass is 32.2. The SMILES string of the molecule is CC(CS(C)(=O)=O)N1C(=O)NC(=O)C1=O. The van der Waals surface area contributed by atoms with E-state index >= 15 is 0 Å². The van der Waals surface area contributed by atoms with Gasteiger partial charge in [0.2, 0.25) is 0 Å². The fourth-order valence-electron chi connectivity index (χ4n) is 1.33. The van der Waals surface area contributed by atoms with Crippen LogP contribution in [0.3, 0.4) is 0 Å². The van der Waals surface area contributed by atoms with Gasteiger partial charge in [-0.15, -0.1) is 0 Å². The number of imide groups is 2. The Kier molecular flexibility index (Phi) is 2.80. The molecule has 0 aliphatic carbocycles. The molecule has 0 aromatic carbocycles. The Morgan fingerprint density at radius 2 is 1.87 bits per heavy atom. The van der Waals surface area contributed by atoms with Crippen molar-refractivity contribution in [2.24, 2.45) is 0 Å². The standard InChI is InChI=1S/C7H10N2O5S/c1-4(3-15(2,13)14)9-6(11)5(10)8-7(9)12/h4H,3H2,1-2H3,(H,8,10,12). The summed E-state index contributed by atoms with van der Waals surface area (Å²) in [5, 5.41) is 1.79. The normalized spacial score (nSPS) is 19.3. The van der Waals surface area contributed by atoms with E-state index in [9.17, 15) is 22.8 Å². The highest BCUT2D eigenvalue weighted by molar-refractivity contribution is 7.90. The summed E-state index contributed by atoms with van der Waals surface area (Å²) in [4.78, 5) is 33.6. The zero-order valence-corrected chi connectivity index (χ0v) is 9.00. The smallest absolute Gasteiger partial charge is 0.269 e. The van der Waals surface area contributed by atoms with E-state index in [1.165, 1.54) is 6.92 Å². The molecular weight excluding hydrogens is 224 g/mol. The largest absolute Gasteiger partial charge is 0.331 e. The maximum absolute atomic E-state index is 11.1. The molecule has 84 valence electrons. The Bertz CT molecular complexity index is 427. The lowest BCUT2D eigenvalue weighted by Crippen LogP contribution is -2.42. The molecule has 0 radical (unpaired) electrons. The van der Waals surface area contributed by atoms with E-state index in [-0.39, 0.29) is 5.75 Å². The predicted octanol–water partition coefficient (Wildman–Crippen LogP) is -1.50. The third kappa shape index (κ3) is 2.52. The summed E-state index contributed by atoms with van der Waals surface area (Å²) in [6, 6.07) is -1.72. The van der Waals surface area contributed by atoms with Gasteiger partial charge in [-0.3, -0.25) is 19.8 Å². The van der Waals surface area contributed by atoms with Gasteiger partial charge in [-0.25, -0.2) is 13.2 Å². The fraction of sp³-hybridized carbons (Fsp3) is 0.571. The van der Waals surface area contributed by atoms with Crippen molar-refractivity contribution >= 4 is 27.7 Å². The molecule has 1 unspecified atom stereocenters. The average molecular weight is 234 g/mol. The summed E-state index contributed by atoms with van der Waals surface area (Å²) < 4.78 is 21.9. The minimum atomic E-state index is -3.31. The molecule has 1 aliphatic heterocycles. The first-order valence-electron chi connectivity index (χ1n) is 4.08. The minimum Gasteiger partial charge on any atom is -0.269 e. The van der Waals surface area contributed by atoms with Crippen LogP contribution in [0.5, 0.6) is 0 Å². The van der Waals surface area contributed by atoms with Gasteiger partial charge >= 0.3 is 17.8 Å². The number of carbonyl (C=O) groups is 3. The van der Waals surface area contributed by atoms with Gasteiger partial charge < -0.3 is 0 Å². The summed E-state index contributed by atoms with van der Waals surface area (Å²) in [7, 11) is -3.31. The summed E-state index contributed by atoms with van der Waals surface area (Å²) in [6.07, 6.45) is 0.990. The molecule has 0 spiro atoms. The van der Waals surface area contributed by atoms with Gasteiger partial charge in [0.15, 0.2) is 0 Å². The average Bonchev–Trinajstić information content (AvgIpc) is 2.22. The first kappa shape index (κ1) is 11.6. The lowest BCUT2D eigenvalue weighted by atomic mass is 10.3. The summed E-state index contributed by atoms with van der Waals surface area (Å²) in [6.45, 7) is 1.39. The van der Waals surface area contributed by atoms with Crippen LogP contribution in [-0.2, 0) is 19.4 Å². The van der Waals surface area contributed by atoms with Crippen LogP contribution in [0, 0.1) is 0 Å². The van der Waals surface area contributed by atoms with Crippen LogP contribution in [0.1, 0.15) is 6.92 Å². The molecule has 1 atom stereocenters. The molecule has 1 aliphatic rings. The van der Waals surface area contributed by atoms with Crippen molar-refractivity contribution in [1.82, 2.24) is 10.2 Å². The Hall–Kier alpha value is -1.44. The van der Waals surface area contributed by atoms with Gasteiger partial charge in [-0.2, -0.15) is 0 Å². The topological polar surface area (TPSA) is 101 Å². The van der Waals surface area contributed by atoms with E-state index < -0.39 is 33.7 Å². The van der Waals surface area contributed by atoms with Crippen molar-refractivity contribution in [1.29, 1.82) is 0 Å². The molecule has 1 rings (SSSR count). The number of hydrogen-bond donors (Lipinski definition) is 1. The van der Waals surface area contributed by atoms with E-state index in [1.54, 1.807) is 5.32 Å². The summed E-state index contributed by atoms with van der Waals surface area (Å²) in [5.74, 6) is -2.41. The van der Waals surface area contributed by atoms with Gasteiger partial charge in [-0.1, -0.05) is 0 Å². The molecule has 7 nitrogen and oxygen atoms in total.